The van der Waals surface area contributed by atoms with Gasteiger partial charge in [0.2, 0.25) is 5.88 Å². The predicted molar refractivity (Wildman–Crippen MR) is 109 cm³/mol. The van der Waals surface area contributed by atoms with E-state index >= 15 is 0 Å². The van der Waals surface area contributed by atoms with Gasteiger partial charge in [-0.2, -0.15) is 0 Å². The van der Waals surface area contributed by atoms with Crippen LogP contribution in [0.2, 0.25) is 0 Å². The van der Waals surface area contributed by atoms with E-state index in [2.05, 4.69) is 21.5 Å². The molecule has 146 valence electrons. The average molecular weight is 381 g/mol. The van der Waals surface area contributed by atoms with Crippen molar-refractivity contribution >= 4 is 35.3 Å². The van der Waals surface area contributed by atoms with Crippen molar-refractivity contribution in [2.45, 2.75) is 13.3 Å². The third-order valence-corrected chi connectivity index (χ3v) is 4.71. The molecule has 2 aromatic rings. The van der Waals surface area contributed by atoms with E-state index in [-0.39, 0.29) is 5.75 Å². The van der Waals surface area contributed by atoms with Crippen molar-refractivity contribution < 1.29 is 19.0 Å². The third kappa shape index (κ3) is 3.41. The average Bonchev–Trinajstić information content (AvgIpc) is 3.12. The molecule has 2 aromatic heterocycles. The molecule has 0 spiro atoms. The first-order valence-electron chi connectivity index (χ1n) is 9.40. The smallest absolute Gasteiger partial charge is 0.211 e. The quantitative estimate of drug-likeness (QED) is 0.792. The minimum Gasteiger partial charge on any atom is -0.504 e. The molecule has 0 unspecified atom stereocenters. The number of hydrogen-bond donors (Lipinski definition) is 1. The number of allylic oxidation sites excluding steroid dienone is 1. The van der Waals surface area contributed by atoms with Crippen molar-refractivity contribution in [1.82, 2.24) is 4.98 Å². The summed E-state index contributed by atoms with van der Waals surface area (Å²) >= 11 is 0. The number of hydrogen-bond acceptors (Lipinski definition) is 7. The Hall–Kier alpha value is -3.06. The summed E-state index contributed by atoms with van der Waals surface area (Å²) in [4.78, 5) is 10.6. The Morgan fingerprint density at radius 2 is 2.29 bits per heavy atom. The second kappa shape index (κ2) is 7.90. The second-order valence-electron chi connectivity index (χ2n) is 6.54. The van der Waals surface area contributed by atoms with Crippen LogP contribution in [-0.2, 0) is 9.47 Å². The van der Waals surface area contributed by atoms with Crippen molar-refractivity contribution in [3.8, 4) is 5.75 Å². The maximum Gasteiger partial charge on any atom is 0.211 e. The number of aromatic nitrogens is 1. The van der Waals surface area contributed by atoms with Crippen molar-refractivity contribution in [2.24, 2.45) is 4.99 Å². The van der Waals surface area contributed by atoms with Crippen LogP contribution in [0, 0.1) is 0 Å². The molecule has 0 bridgehead atoms. The summed E-state index contributed by atoms with van der Waals surface area (Å²) in [6, 6.07) is 3.79. The summed E-state index contributed by atoms with van der Waals surface area (Å²) in [6.45, 7) is 9.06. The van der Waals surface area contributed by atoms with Crippen LogP contribution in [0.5, 0.6) is 5.75 Å². The van der Waals surface area contributed by atoms with Crippen LogP contribution in [0.25, 0.3) is 17.4 Å². The van der Waals surface area contributed by atoms with Crippen molar-refractivity contribution in [2.75, 3.05) is 37.8 Å². The molecule has 1 N–H and O–H groups in total. The Labute approximate surface area is 163 Å². The SMILES string of the molecule is C=C(OCC)c1c(N2CCCOCC2)oc(C=C2C=Nc3ncccc32)c1O. The van der Waals surface area contributed by atoms with E-state index in [1.54, 1.807) is 18.5 Å². The lowest BCUT2D eigenvalue weighted by Crippen LogP contribution is -2.26. The van der Waals surface area contributed by atoms with Gasteiger partial charge in [-0.1, -0.05) is 6.58 Å². The molecule has 7 heteroatoms. The van der Waals surface area contributed by atoms with Crippen LogP contribution in [-0.4, -0.2) is 49.2 Å². The lowest BCUT2D eigenvalue weighted by atomic mass is 10.1. The Morgan fingerprint density at radius 3 is 3.14 bits per heavy atom. The largest absolute Gasteiger partial charge is 0.504 e. The van der Waals surface area contributed by atoms with Gasteiger partial charge in [-0.25, -0.2) is 9.98 Å². The maximum atomic E-state index is 10.9. The molecule has 1 saturated heterocycles. The molecule has 0 atom stereocenters. The number of ether oxygens (including phenoxy) is 2. The molecule has 1 fully saturated rings. The molecule has 2 aliphatic rings. The van der Waals surface area contributed by atoms with Gasteiger partial charge in [-0.05, 0) is 31.6 Å². The number of rotatable bonds is 5. The monoisotopic (exact) mass is 381 g/mol. The number of aliphatic imine (C=N–C) groups is 1. The van der Waals surface area contributed by atoms with Gasteiger partial charge < -0.3 is 23.9 Å². The summed E-state index contributed by atoms with van der Waals surface area (Å²) in [6.07, 6.45) is 6.07. The zero-order valence-electron chi connectivity index (χ0n) is 15.9. The molecule has 0 amide bonds. The molecule has 4 heterocycles. The van der Waals surface area contributed by atoms with Gasteiger partial charge in [0.15, 0.2) is 17.3 Å². The predicted octanol–water partition coefficient (Wildman–Crippen LogP) is 3.87. The summed E-state index contributed by atoms with van der Waals surface area (Å²) < 4.78 is 17.2. The number of fused-ring (bicyclic) bond motifs is 1. The van der Waals surface area contributed by atoms with E-state index in [9.17, 15) is 5.11 Å². The molecular formula is C21H23N3O4. The molecule has 0 radical (unpaired) electrons. The highest BCUT2D eigenvalue weighted by molar-refractivity contribution is 6.21. The number of furan rings is 1. The highest BCUT2D eigenvalue weighted by atomic mass is 16.5. The summed E-state index contributed by atoms with van der Waals surface area (Å²) in [5, 5.41) is 10.9. The second-order valence-corrected chi connectivity index (χ2v) is 6.54. The van der Waals surface area contributed by atoms with Crippen LogP contribution in [0.4, 0.5) is 11.7 Å². The Balaban J connectivity index is 1.76. The van der Waals surface area contributed by atoms with E-state index in [4.69, 9.17) is 13.9 Å². The Bertz CT molecular complexity index is 937. The number of nitrogens with zero attached hydrogens (tertiary/aromatic N) is 3. The van der Waals surface area contributed by atoms with Gasteiger partial charge in [0.1, 0.15) is 11.3 Å². The lowest BCUT2D eigenvalue weighted by molar-refractivity contribution is 0.152. The van der Waals surface area contributed by atoms with Crippen molar-refractivity contribution in [1.29, 1.82) is 0 Å². The van der Waals surface area contributed by atoms with Gasteiger partial charge in [0, 0.05) is 43.2 Å². The van der Waals surface area contributed by atoms with Gasteiger partial charge in [-0.3, -0.25) is 0 Å². The van der Waals surface area contributed by atoms with Gasteiger partial charge >= 0.3 is 0 Å². The van der Waals surface area contributed by atoms with Gasteiger partial charge in [0.05, 0.1) is 13.2 Å². The van der Waals surface area contributed by atoms with Crippen LogP contribution in [0.1, 0.15) is 30.2 Å². The summed E-state index contributed by atoms with van der Waals surface area (Å²) in [7, 11) is 0. The maximum absolute atomic E-state index is 10.9. The minimum atomic E-state index is 0.0110. The van der Waals surface area contributed by atoms with Gasteiger partial charge in [-0.15, -0.1) is 0 Å². The molecule has 0 aliphatic carbocycles. The van der Waals surface area contributed by atoms with E-state index in [1.165, 1.54) is 0 Å². The van der Waals surface area contributed by atoms with E-state index in [1.807, 2.05) is 19.1 Å². The lowest BCUT2D eigenvalue weighted by Gasteiger charge is -2.20. The zero-order valence-corrected chi connectivity index (χ0v) is 15.9. The number of aromatic hydroxyl groups is 1. The van der Waals surface area contributed by atoms with Crippen molar-refractivity contribution in [3.05, 3.63) is 41.8 Å². The fourth-order valence-corrected chi connectivity index (χ4v) is 3.38. The van der Waals surface area contributed by atoms with Crippen LogP contribution >= 0.6 is 0 Å². The first kappa shape index (κ1) is 18.3. The fourth-order valence-electron chi connectivity index (χ4n) is 3.38. The summed E-state index contributed by atoms with van der Waals surface area (Å²) in [5.74, 6) is 1.94. The van der Waals surface area contributed by atoms with Crippen LogP contribution in [0.15, 0.2) is 34.3 Å². The highest BCUT2D eigenvalue weighted by Crippen LogP contribution is 2.43. The zero-order chi connectivity index (χ0) is 19.5. The minimum absolute atomic E-state index is 0.0110. The van der Waals surface area contributed by atoms with Crippen molar-refractivity contribution in [3.63, 3.8) is 0 Å². The molecule has 7 nitrogen and oxygen atoms in total. The molecule has 28 heavy (non-hydrogen) atoms. The summed E-state index contributed by atoms with van der Waals surface area (Å²) in [5.41, 5.74) is 2.21. The highest BCUT2D eigenvalue weighted by Gasteiger charge is 2.27. The molecule has 0 aromatic carbocycles. The first-order valence-corrected chi connectivity index (χ1v) is 9.40. The molecule has 4 rings (SSSR count). The molecule has 2 aliphatic heterocycles. The standard InChI is InChI=1S/C21H23N3O4/c1-3-27-14(2)18-19(25)17(28-21(18)24-8-5-10-26-11-9-24)12-15-13-23-20-16(15)6-4-7-22-20/h4,6-7,12-13,25H,2-3,5,8-11H2,1H3. The third-order valence-electron chi connectivity index (χ3n) is 4.71. The topological polar surface area (TPSA) is 80.3 Å². The van der Waals surface area contributed by atoms with Gasteiger partial charge in [0.25, 0.3) is 0 Å². The normalized spacial score (nSPS) is 17.6. The number of anilines is 1. The van der Waals surface area contributed by atoms with E-state index in [0.29, 0.717) is 55.2 Å². The Morgan fingerprint density at radius 1 is 1.39 bits per heavy atom. The molecular weight excluding hydrogens is 358 g/mol. The van der Waals surface area contributed by atoms with Crippen LogP contribution in [0.3, 0.4) is 0 Å². The van der Waals surface area contributed by atoms with E-state index in [0.717, 1.165) is 24.1 Å². The first-order chi connectivity index (χ1) is 13.7. The van der Waals surface area contributed by atoms with E-state index < -0.39 is 0 Å². The number of pyridine rings is 1. The fraction of sp³-hybridized carbons (Fsp3) is 0.333. The van der Waals surface area contributed by atoms with Crippen LogP contribution < -0.4 is 4.90 Å². The Kier molecular flexibility index (Phi) is 5.16. The molecule has 0 saturated carbocycles.